The van der Waals surface area contributed by atoms with Crippen molar-refractivity contribution in [3.63, 3.8) is 0 Å². The minimum atomic E-state index is -3.91. The summed E-state index contributed by atoms with van der Waals surface area (Å²) in [7, 11) is -3.91. The standard InChI is InChI=1S/C19H13FN2O3S/c20-17-8-4-7-16-18(23)14(12-26(24,25)19(16)17)9-13-10-21-22(11-13)15-5-2-1-3-6-15/h1-11H,12H2/b14-9-. The number of Topliss-reactive ketones (excluding diaryl/α,β-unsaturated/α-hetero) is 1. The minimum absolute atomic E-state index is 0.0933. The van der Waals surface area contributed by atoms with E-state index in [9.17, 15) is 17.6 Å². The average molecular weight is 368 g/mol. The highest BCUT2D eigenvalue weighted by molar-refractivity contribution is 7.92. The van der Waals surface area contributed by atoms with Crippen LogP contribution in [0.4, 0.5) is 4.39 Å². The molecule has 5 nitrogen and oxygen atoms in total. The lowest BCUT2D eigenvalue weighted by Gasteiger charge is -2.18. The molecule has 7 heteroatoms. The lowest BCUT2D eigenvalue weighted by Crippen LogP contribution is -2.25. The molecule has 0 saturated heterocycles. The summed E-state index contributed by atoms with van der Waals surface area (Å²) in [4.78, 5) is 12.1. The molecule has 1 aliphatic heterocycles. The van der Waals surface area contributed by atoms with Gasteiger partial charge in [0, 0.05) is 22.9 Å². The van der Waals surface area contributed by atoms with E-state index in [0.717, 1.165) is 11.8 Å². The highest BCUT2D eigenvalue weighted by Crippen LogP contribution is 2.31. The van der Waals surface area contributed by atoms with E-state index in [4.69, 9.17) is 0 Å². The van der Waals surface area contributed by atoms with Crippen LogP contribution >= 0.6 is 0 Å². The minimum Gasteiger partial charge on any atom is -0.289 e. The highest BCUT2D eigenvalue weighted by Gasteiger charge is 2.35. The number of para-hydroxylation sites is 1. The number of rotatable bonds is 2. The van der Waals surface area contributed by atoms with Gasteiger partial charge in [-0.3, -0.25) is 4.79 Å². The first-order valence-electron chi connectivity index (χ1n) is 7.82. The summed E-state index contributed by atoms with van der Waals surface area (Å²) in [5, 5.41) is 4.22. The second-order valence-corrected chi connectivity index (χ2v) is 7.85. The molecule has 0 aliphatic carbocycles. The second kappa shape index (κ2) is 6.03. The summed E-state index contributed by atoms with van der Waals surface area (Å²) in [6, 6.07) is 13.1. The molecule has 3 aromatic rings. The number of carbonyl (C=O) groups excluding carboxylic acids is 1. The van der Waals surface area contributed by atoms with Crippen LogP contribution < -0.4 is 0 Å². The fourth-order valence-electron chi connectivity index (χ4n) is 2.96. The molecule has 2 aromatic carbocycles. The molecule has 0 saturated carbocycles. The second-order valence-electron chi connectivity index (χ2n) is 5.93. The largest absolute Gasteiger partial charge is 0.289 e. The zero-order chi connectivity index (χ0) is 18.3. The zero-order valence-corrected chi connectivity index (χ0v) is 14.3. The summed E-state index contributed by atoms with van der Waals surface area (Å²) in [6.07, 6.45) is 4.73. The summed E-state index contributed by atoms with van der Waals surface area (Å²) in [5.74, 6) is -1.91. The van der Waals surface area contributed by atoms with E-state index in [-0.39, 0.29) is 11.1 Å². The van der Waals surface area contributed by atoms with Crippen molar-refractivity contribution in [2.75, 3.05) is 5.75 Å². The number of halogens is 1. The maximum atomic E-state index is 13.9. The van der Waals surface area contributed by atoms with Crippen LogP contribution in [0.3, 0.4) is 0 Å². The summed E-state index contributed by atoms with van der Waals surface area (Å²) in [6.45, 7) is 0. The number of benzene rings is 2. The Balaban J connectivity index is 1.76. The predicted octanol–water partition coefficient (Wildman–Crippen LogP) is 3.07. The van der Waals surface area contributed by atoms with E-state index in [1.807, 2.05) is 30.3 Å². The Labute approximate surface area is 149 Å². The molecule has 0 fully saturated rings. The molecule has 0 unspecified atom stereocenters. The van der Waals surface area contributed by atoms with Gasteiger partial charge in [-0.2, -0.15) is 5.10 Å². The number of ketones is 1. The smallest absolute Gasteiger partial charge is 0.191 e. The van der Waals surface area contributed by atoms with Gasteiger partial charge in [-0.15, -0.1) is 0 Å². The molecule has 0 atom stereocenters. The SMILES string of the molecule is O=C1/C(=C\c2cnn(-c3ccccc3)c2)CS(=O)(=O)c2c(F)cccc21. The quantitative estimate of drug-likeness (QED) is 0.652. The van der Waals surface area contributed by atoms with E-state index in [0.29, 0.717) is 5.56 Å². The van der Waals surface area contributed by atoms with Gasteiger partial charge in [-0.25, -0.2) is 17.5 Å². The van der Waals surface area contributed by atoms with Crippen LogP contribution in [-0.4, -0.2) is 29.7 Å². The van der Waals surface area contributed by atoms with Gasteiger partial charge in [0.05, 0.1) is 17.6 Å². The van der Waals surface area contributed by atoms with Crippen molar-refractivity contribution < 1.29 is 17.6 Å². The third-order valence-corrected chi connectivity index (χ3v) is 5.85. The molecule has 1 aromatic heterocycles. The van der Waals surface area contributed by atoms with Crippen molar-refractivity contribution in [1.82, 2.24) is 9.78 Å². The van der Waals surface area contributed by atoms with Gasteiger partial charge in [-0.1, -0.05) is 24.3 Å². The summed E-state index contributed by atoms with van der Waals surface area (Å²) >= 11 is 0. The third-order valence-electron chi connectivity index (χ3n) is 4.12. The first-order valence-corrected chi connectivity index (χ1v) is 9.47. The Morgan fingerprint density at radius 2 is 1.85 bits per heavy atom. The van der Waals surface area contributed by atoms with Crippen molar-refractivity contribution in [3.05, 3.63) is 83.4 Å². The summed E-state index contributed by atoms with van der Waals surface area (Å²) in [5.41, 5.74) is 1.40. The fraction of sp³-hybridized carbons (Fsp3) is 0.0526. The molecule has 4 rings (SSSR count). The van der Waals surface area contributed by atoms with Crippen LogP contribution in [0.15, 0.2) is 71.4 Å². The van der Waals surface area contributed by atoms with Crippen molar-refractivity contribution in [1.29, 1.82) is 0 Å². The molecule has 0 bridgehead atoms. The van der Waals surface area contributed by atoms with E-state index >= 15 is 0 Å². The van der Waals surface area contributed by atoms with Crippen molar-refractivity contribution in [3.8, 4) is 5.69 Å². The average Bonchev–Trinajstić information content (AvgIpc) is 3.08. The molecule has 0 N–H and O–H groups in total. The molecule has 130 valence electrons. The van der Waals surface area contributed by atoms with Crippen LogP contribution in [0, 0.1) is 5.82 Å². The normalized spacial score (nSPS) is 17.3. The number of sulfone groups is 1. The van der Waals surface area contributed by atoms with Crippen LogP contribution in [0.1, 0.15) is 15.9 Å². The highest BCUT2D eigenvalue weighted by atomic mass is 32.2. The Hall–Kier alpha value is -3.06. The van der Waals surface area contributed by atoms with Crippen molar-refractivity contribution in [2.24, 2.45) is 0 Å². The molecular formula is C19H13FN2O3S. The molecule has 0 spiro atoms. The Kier molecular flexibility index (Phi) is 3.81. The Morgan fingerprint density at radius 3 is 2.62 bits per heavy atom. The first-order chi connectivity index (χ1) is 12.5. The Bertz CT molecular complexity index is 1150. The van der Waals surface area contributed by atoms with E-state index in [1.54, 1.807) is 17.1 Å². The number of carbonyl (C=O) groups is 1. The first kappa shape index (κ1) is 16.4. The monoisotopic (exact) mass is 368 g/mol. The van der Waals surface area contributed by atoms with Gasteiger partial charge >= 0.3 is 0 Å². The molecule has 0 radical (unpaired) electrons. The number of fused-ring (bicyclic) bond motifs is 1. The molecular weight excluding hydrogens is 355 g/mol. The maximum absolute atomic E-state index is 13.9. The number of aromatic nitrogens is 2. The fourth-order valence-corrected chi connectivity index (χ4v) is 4.59. The van der Waals surface area contributed by atoms with Crippen LogP contribution in [0.2, 0.25) is 0 Å². The number of hydrogen-bond donors (Lipinski definition) is 0. The Morgan fingerprint density at radius 1 is 1.08 bits per heavy atom. The maximum Gasteiger partial charge on any atom is 0.191 e. The molecule has 0 amide bonds. The summed E-state index contributed by atoms with van der Waals surface area (Å²) < 4.78 is 40.4. The van der Waals surface area contributed by atoms with Crippen LogP contribution in [-0.2, 0) is 9.84 Å². The van der Waals surface area contributed by atoms with Crippen molar-refractivity contribution >= 4 is 21.7 Å². The molecule has 2 heterocycles. The number of hydrogen-bond acceptors (Lipinski definition) is 4. The van der Waals surface area contributed by atoms with Gasteiger partial charge in [0.25, 0.3) is 0 Å². The lowest BCUT2D eigenvalue weighted by molar-refractivity contribution is 0.103. The van der Waals surface area contributed by atoms with Gasteiger partial charge in [0.1, 0.15) is 10.7 Å². The lowest BCUT2D eigenvalue weighted by atomic mass is 10.0. The van der Waals surface area contributed by atoms with Gasteiger partial charge in [0.15, 0.2) is 15.6 Å². The van der Waals surface area contributed by atoms with Gasteiger partial charge in [0.2, 0.25) is 0 Å². The third kappa shape index (κ3) is 2.76. The van der Waals surface area contributed by atoms with E-state index < -0.39 is 32.1 Å². The molecule has 26 heavy (non-hydrogen) atoms. The van der Waals surface area contributed by atoms with Crippen LogP contribution in [0.25, 0.3) is 11.8 Å². The van der Waals surface area contributed by atoms with Gasteiger partial charge in [-0.05, 0) is 30.3 Å². The van der Waals surface area contributed by atoms with E-state index in [2.05, 4.69) is 5.10 Å². The predicted molar refractivity (Wildman–Crippen MR) is 94.3 cm³/mol. The topological polar surface area (TPSA) is 69.0 Å². The number of nitrogens with zero attached hydrogens (tertiary/aromatic N) is 2. The zero-order valence-electron chi connectivity index (χ0n) is 13.5. The molecule has 1 aliphatic rings. The van der Waals surface area contributed by atoms with E-state index in [1.165, 1.54) is 18.2 Å². The van der Waals surface area contributed by atoms with Gasteiger partial charge < -0.3 is 0 Å². The van der Waals surface area contributed by atoms with Crippen molar-refractivity contribution in [2.45, 2.75) is 4.90 Å². The van der Waals surface area contributed by atoms with Crippen LogP contribution in [0.5, 0.6) is 0 Å².